The molecule has 1 aromatic heterocycles. The van der Waals surface area contributed by atoms with Gasteiger partial charge in [0.05, 0.1) is 22.8 Å². The van der Waals surface area contributed by atoms with Crippen LogP contribution in [0.4, 0.5) is 0 Å². The van der Waals surface area contributed by atoms with Gasteiger partial charge in [-0.3, -0.25) is 4.79 Å². The zero-order valence-corrected chi connectivity index (χ0v) is 18.1. The van der Waals surface area contributed by atoms with Gasteiger partial charge in [-0.25, -0.2) is 0 Å². The van der Waals surface area contributed by atoms with E-state index in [-0.39, 0.29) is 29.0 Å². The second-order valence-electron chi connectivity index (χ2n) is 7.67. The summed E-state index contributed by atoms with van der Waals surface area (Å²) in [6, 6.07) is 19.0. The molecule has 0 atom stereocenters. The van der Waals surface area contributed by atoms with Gasteiger partial charge in [0.2, 0.25) is 0 Å². The topological polar surface area (TPSA) is 96.0 Å². The molecule has 0 fully saturated rings. The number of hydrogen-bond donors (Lipinski definition) is 2. The highest BCUT2D eigenvalue weighted by atomic mass is 35.5. The summed E-state index contributed by atoms with van der Waals surface area (Å²) in [6.07, 6.45) is 0.520. The predicted octanol–water partition coefficient (Wildman–Crippen LogP) is 5.40. The van der Waals surface area contributed by atoms with Crippen molar-refractivity contribution in [3.63, 3.8) is 0 Å². The molecule has 4 aromatic rings. The summed E-state index contributed by atoms with van der Waals surface area (Å²) < 4.78 is 11.3. The molecule has 0 aliphatic carbocycles. The average Bonchev–Trinajstić information content (AvgIpc) is 3.25. The second-order valence-corrected chi connectivity index (χ2v) is 8.08. The molecule has 0 saturated carbocycles. The lowest BCUT2D eigenvalue weighted by atomic mass is 10.00. The Kier molecular flexibility index (Phi) is 5.40. The number of hydrogen-bond acceptors (Lipinski definition) is 6. The number of rotatable bonds is 4. The van der Waals surface area contributed by atoms with E-state index in [0.717, 1.165) is 17.5 Å². The van der Waals surface area contributed by atoms with Crippen LogP contribution in [0.2, 0.25) is 5.02 Å². The number of nitrogens with zero attached hydrogens (tertiary/aromatic N) is 2. The standard InChI is InChI=1S/C25H19ClN2O5/c26-20-12-18(22(29)13-23(20)30)24-19-14-28(11-10-21(19)27-33-24)25(31)15-6-8-17(9-7-15)32-16-4-2-1-3-5-16/h1-9,12-13,29-30H,10-11,14H2. The van der Waals surface area contributed by atoms with Crippen molar-refractivity contribution in [3.05, 3.63) is 88.6 Å². The second kappa shape index (κ2) is 8.52. The van der Waals surface area contributed by atoms with Gasteiger partial charge in [-0.2, -0.15) is 0 Å². The van der Waals surface area contributed by atoms with E-state index in [9.17, 15) is 15.0 Å². The SMILES string of the molecule is O=C(c1ccc(Oc2ccccc2)cc1)N1CCc2noc(-c3cc(Cl)c(O)cc3O)c2C1. The van der Waals surface area contributed by atoms with Crippen LogP contribution >= 0.6 is 11.6 Å². The first kappa shape index (κ1) is 20.9. The van der Waals surface area contributed by atoms with Crippen molar-refractivity contribution in [2.24, 2.45) is 0 Å². The third kappa shape index (κ3) is 4.10. The van der Waals surface area contributed by atoms with Gasteiger partial charge in [0, 0.05) is 30.2 Å². The maximum Gasteiger partial charge on any atom is 0.254 e. The molecule has 0 radical (unpaired) electrons. The number of phenols is 2. The number of ether oxygens (including phenoxy) is 1. The van der Waals surface area contributed by atoms with Crippen molar-refractivity contribution in [2.45, 2.75) is 13.0 Å². The highest BCUT2D eigenvalue weighted by Gasteiger charge is 2.29. The van der Waals surface area contributed by atoms with Crippen LogP contribution in [0.3, 0.4) is 0 Å². The molecule has 8 heteroatoms. The lowest BCUT2D eigenvalue weighted by Crippen LogP contribution is -2.35. The highest BCUT2D eigenvalue weighted by molar-refractivity contribution is 6.32. The molecule has 2 heterocycles. The Morgan fingerprint density at radius 2 is 1.73 bits per heavy atom. The average molecular weight is 463 g/mol. The van der Waals surface area contributed by atoms with Gasteiger partial charge in [0.25, 0.3) is 5.91 Å². The molecule has 1 aliphatic heterocycles. The number of benzene rings is 3. The Balaban J connectivity index is 1.36. The van der Waals surface area contributed by atoms with Crippen LogP contribution in [0, 0.1) is 0 Å². The van der Waals surface area contributed by atoms with Crippen LogP contribution in [0.5, 0.6) is 23.0 Å². The summed E-state index contributed by atoms with van der Waals surface area (Å²) in [6.45, 7) is 0.760. The zero-order chi connectivity index (χ0) is 22.9. The number of carbonyl (C=O) groups is 1. The molecule has 7 nitrogen and oxygen atoms in total. The quantitative estimate of drug-likeness (QED) is 0.421. The van der Waals surface area contributed by atoms with Crippen molar-refractivity contribution in [1.82, 2.24) is 10.1 Å². The van der Waals surface area contributed by atoms with Gasteiger partial charge in [-0.15, -0.1) is 0 Å². The molecule has 166 valence electrons. The molecule has 3 aromatic carbocycles. The third-order valence-electron chi connectivity index (χ3n) is 5.51. The van der Waals surface area contributed by atoms with E-state index in [4.69, 9.17) is 20.9 Å². The summed E-state index contributed by atoms with van der Waals surface area (Å²) in [5, 5.41) is 24.2. The molecule has 1 amide bonds. The smallest absolute Gasteiger partial charge is 0.254 e. The molecular weight excluding hydrogens is 444 g/mol. The van der Waals surface area contributed by atoms with E-state index >= 15 is 0 Å². The van der Waals surface area contributed by atoms with Gasteiger partial charge in [0.1, 0.15) is 23.0 Å². The van der Waals surface area contributed by atoms with Gasteiger partial charge < -0.3 is 24.4 Å². The van der Waals surface area contributed by atoms with Crippen molar-refractivity contribution in [2.75, 3.05) is 6.54 Å². The Morgan fingerprint density at radius 1 is 1.00 bits per heavy atom. The third-order valence-corrected chi connectivity index (χ3v) is 5.82. The predicted molar refractivity (Wildman–Crippen MR) is 122 cm³/mol. The lowest BCUT2D eigenvalue weighted by molar-refractivity contribution is 0.0734. The number of fused-ring (bicyclic) bond motifs is 1. The fourth-order valence-corrected chi connectivity index (χ4v) is 3.97. The number of amides is 1. The number of halogens is 1. The van der Waals surface area contributed by atoms with E-state index in [1.54, 1.807) is 29.2 Å². The summed E-state index contributed by atoms with van der Waals surface area (Å²) >= 11 is 6.01. The maximum absolute atomic E-state index is 13.1. The first-order chi connectivity index (χ1) is 16.0. The van der Waals surface area contributed by atoms with Gasteiger partial charge >= 0.3 is 0 Å². The Bertz CT molecular complexity index is 1320. The van der Waals surface area contributed by atoms with Gasteiger partial charge in [-0.05, 0) is 42.5 Å². The fourth-order valence-electron chi connectivity index (χ4n) is 3.80. The van der Waals surface area contributed by atoms with Crippen LogP contribution < -0.4 is 4.74 Å². The van der Waals surface area contributed by atoms with Crippen molar-refractivity contribution >= 4 is 17.5 Å². The minimum Gasteiger partial charge on any atom is -0.507 e. The highest BCUT2D eigenvalue weighted by Crippen LogP contribution is 2.40. The van der Waals surface area contributed by atoms with Crippen LogP contribution in [0.1, 0.15) is 21.6 Å². The number of phenolic OH excluding ortho intramolecular Hbond substituents is 2. The summed E-state index contributed by atoms with van der Waals surface area (Å²) in [5.41, 5.74) is 2.27. The summed E-state index contributed by atoms with van der Waals surface area (Å²) in [5.74, 6) is 1.13. The number of carbonyl (C=O) groups excluding carboxylic acids is 1. The summed E-state index contributed by atoms with van der Waals surface area (Å²) in [4.78, 5) is 14.8. The van der Waals surface area contributed by atoms with E-state index < -0.39 is 0 Å². The minimum absolute atomic E-state index is 0.0782. The largest absolute Gasteiger partial charge is 0.507 e. The Hall–Kier alpha value is -3.97. The number of aromatic nitrogens is 1. The van der Waals surface area contributed by atoms with E-state index in [1.807, 2.05) is 30.3 Å². The Labute approximate surface area is 194 Å². The van der Waals surface area contributed by atoms with Gasteiger partial charge in [-0.1, -0.05) is 35.0 Å². The van der Waals surface area contributed by atoms with E-state index in [0.29, 0.717) is 41.2 Å². The van der Waals surface area contributed by atoms with Crippen LogP contribution in [-0.4, -0.2) is 32.7 Å². The summed E-state index contributed by atoms with van der Waals surface area (Å²) in [7, 11) is 0. The van der Waals surface area contributed by atoms with Crippen LogP contribution in [0.25, 0.3) is 11.3 Å². The molecule has 5 rings (SSSR count). The van der Waals surface area contributed by atoms with E-state index in [2.05, 4.69) is 5.16 Å². The van der Waals surface area contributed by atoms with Crippen molar-refractivity contribution in [1.29, 1.82) is 0 Å². The van der Waals surface area contributed by atoms with Crippen molar-refractivity contribution in [3.8, 4) is 34.3 Å². The molecule has 0 spiro atoms. The van der Waals surface area contributed by atoms with Crippen LogP contribution in [0.15, 0.2) is 71.3 Å². The normalized spacial score (nSPS) is 12.9. The zero-order valence-electron chi connectivity index (χ0n) is 17.4. The fraction of sp³-hybridized carbons (Fsp3) is 0.120. The molecule has 33 heavy (non-hydrogen) atoms. The molecule has 1 aliphatic rings. The first-order valence-corrected chi connectivity index (χ1v) is 10.7. The first-order valence-electron chi connectivity index (χ1n) is 10.3. The monoisotopic (exact) mass is 462 g/mol. The molecule has 0 saturated heterocycles. The van der Waals surface area contributed by atoms with Gasteiger partial charge in [0.15, 0.2) is 5.76 Å². The number of aromatic hydroxyl groups is 2. The maximum atomic E-state index is 13.1. The number of para-hydroxylation sites is 1. The lowest BCUT2D eigenvalue weighted by Gasteiger charge is -2.26. The Morgan fingerprint density at radius 3 is 2.48 bits per heavy atom. The van der Waals surface area contributed by atoms with Crippen molar-refractivity contribution < 1.29 is 24.3 Å². The molecule has 0 bridgehead atoms. The van der Waals surface area contributed by atoms with E-state index in [1.165, 1.54) is 6.07 Å². The molecule has 2 N–H and O–H groups in total. The molecular formula is C25H19ClN2O5. The molecule has 0 unspecified atom stereocenters. The van der Waals surface area contributed by atoms with Crippen LogP contribution in [-0.2, 0) is 13.0 Å². The minimum atomic E-state index is -0.234.